The molecule has 0 saturated carbocycles. The van der Waals surface area contributed by atoms with E-state index in [9.17, 15) is 9.59 Å². The van der Waals surface area contributed by atoms with Crippen LogP contribution in [0, 0.1) is 5.92 Å². The number of nitrogens with zero attached hydrogens (tertiary/aromatic N) is 1. The molecule has 0 aliphatic rings. The molecule has 4 heteroatoms. The van der Waals surface area contributed by atoms with Crippen LogP contribution in [-0.4, -0.2) is 23.0 Å². The lowest BCUT2D eigenvalue weighted by Crippen LogP contribution is -2.40. The summed E-state index contributed by atoms with van der Waals surface area (Å²) in [6.07, 6.45) is -0.144. The molecule has 0 aromatic heterocycles. The van der Waals surface area contributed by atoms with E-state index in [1.165, 1.54) is 0 Å². The van der Waals surface area contributed by atoms with Gasteiger partial charge in [-0.15, -0.1) is 0 Å². The van der Waals surface area contributed by atoms with E-state index in [2.05, 4.69) is 0 Å². The molecule has 0 bridgehead atoms. The minimum Gasteiger partial charge on any atom is -0.481 e. The third kappa shape index (κ3) is 3.58. The minimum atomic E-state index is -0.951. The number of carboxylic acids is 1. The zero-order valence-electron chi connectivity index (χ0n) is 11.0. The first-order chi connectivity index (χ1) is 8.43. The summed E-state index contributed by atoms with van der Waals surface area (Å²) in [7, 11) is 0. The molecule has 1 atom stereocenters. The number of para-hydroxylation sites is 1. The summed E-state index contributed by atoms with van der Waals surface area (Å²) in [5.41, 5.74) is 0.801. The predicted octanol–water partition coefficient (Wildman–Crippen LogP) is 2.54. The Bertz CT molecular complexity index is 414. The number of carbonyl (C=O) groups excluding carboxylic acids is 1. The number of hydrogen-bond acceptors (Lipinski definition) is 2. The lowest BCUT2D eigenvalue weighted by molar-refractivity contribution is -0.140. The van der Waals surface area contributed by atoms with E-state index in [1.54, 1.807) is 11.8 Å². The van der Waals surface area contributed by atoms with Crippen molar-refractivity contribution >= 4 is 17.6 Å². The number of rotatable bonds is 5. The molecule has 98 valence electrons. The molecule has 0 radical (unpaired) electrons. The van der Waals surface area contributed by atoms with Crippen molar-refractivity contribution in [2.24, 2.45) is 5.92 Å². The highest BCUT2D eigenvalue weighted by atomic mass is 16.4. The van der Waals surface area contributed by atoms with Crippen molar-refractivity contribution in [2.45, 2.75) is 33.2 Å². The van der Waals surface area contributed by atoms with Crippen molar-refractivity contribution in [3.8, 4) is 0 Å². The van der Waals surface area contributed by atoms with Crippen molar-refractivity contribution in [3.05, 3.63) is 30.3 Å². The zero-order chi connectivity index (χ0) is 13.7. The number of carbonyl (C=O) groups is 2. The molecule has 0 fully saturated rings. The highest BCUT2D eigenvalue weighted by Gasteiger charge is 2.25. The van der Waals surface area contributed by atoms with Gasteiger partial charge in [0.1, 0.15) is 0 Å². The topological polar surface area (TPSA) is 57.6 Å². The molecule has 1 amide bonds. The van der Waals surface area contributed by atoms with Gasteiger partial charge in [-0.3, -0.25) is 9.59 Å². The third-order valence-electron chi connectivity index (χ3n) is 2.69. The van der Waals surface area contributed by atoms with E-state index >= 15 is 0 Å². The Balaban J connectivity index is 2.93. The fourth-order valence-electron chi connectivity index (χ4n) is 1.86. The largest absolute Gasteiger partial charge is 0.481 e. The SMILES string of the molecule is CC(CC(=O)O)C(=O)N(c1ccccc1)C(C)C. The van der Waals surface area contributed by atoms with E-state index < -0.39 is 11.9 Å². The van der Waals surface area contributed by atoms with Crippen LogP contribution >= 0.6 is 0 Å². The fraction of sp³-hybridized carbons (Fsp3) is 0.429. The van der Waals surface area contributed by atoms with Crippen molar-refractivity contribution in [2.75, 3.05) is 4.90 Å². The van der Waals surface area contributed by atoms with Crippen LogP contribution in [0.4, 0.5) is 5.69 Å². The highest BCUT2D eigenvalue weighted by Crippen LogP contribution is 2.20. The average Bonchev–Trinajstić information content (AvgIpc) is 2.29. The summed E-state index contributed by atoms with van der Waals surface area (Å²) in [5, 5.41) is 8.75. The van der Waals surface area contributed by atoms with Crippen molar-refractivity contribution in [1.29, 1.82) is 0 Å². The smallest absolute Gasteiger partial charge is 0.304 e. The first kappa shape index (κ1) is 14.2. The summed E-state index contributed by atoms with van der Waals surface area (Å²) in [5.74, 6) is -1.63. The van der Waals surface area contributed by atoms with Crippen molar-refractivity contribution in [1.82, 2.24) is 0 Å². The van der Waals surface area contributed by atoms with E-state index in [4.69, 9.17) is 5.11 Å². The lowest BCUT2D eigenvalue weighted by atomic mass is 10.0. The zero-order valence-corrected chi connectivity index (χ0v) is 11.0. The molecule has 1 aromatic rings. The van der Waals surface area contributed by atoms with Crippen LogP contribution in [0.3, 0.4) is 0 Å². The molecule has 1 aromatic carbocycles. The molecule has 1 N–H and O–H groups in total. The average molecular weight is 249 g/mol. The van der Waals surface area contributed by atoms with Gasteiger partial charge in [0.25, 0.3) is 0 Å². The number of aliphatic carboxylic acids is 1. The lowest BCUT2D eigenvalue weighted by Gasteiger charge is -2.29. The van der Waals surface area contributed by atoms with Crippen molar-refractivity contribution in [3.63, 3.8) is 0 Å². The van der Waals surface area contributed by atoms with Gasteiger partial charge in [0, 0.05) is 17.6 Å². The summed E-state index contributed by atoms with van der Waals surface area (Å²) in [6, 6.07) is 9.31. The van der Waals surface area contributed by atoms with Crippen molar-refractivity contribution < 1.29 is 14.7 Å². The molecule has 4 nitrogen and oxygen atoms in total. The standard InChI is InChI=1S/C14H19NO3/c1-10(2)15(12-7-5-4-6-8-12)14(18)11(3)9-13(16)17/h4-8,10-11H,9H2,1-3H3,(H,16,17). The number of benzene rings is 1. The van der Waals surface area contributed by atoms with Crippen LogP contribution in [0.5, 0.6) is 0 Å². The van der Waals surface area contributed by atoms with Gasteiger partial charge < -0.3 is 10.0 Å². The molecule has 1 unspecified atom stereocenters. The number of hydrogen-bond donors (Lipinski definition) is 1. The quantitative estimate of drug-likeness (QED) is 0.872. The Morgan fingerprint density at radius 1 is 1.17 bits per heavy atom. The molecule has 0 heterocycles. The minimum absolute atomic E-state index is 0.00357. The maximum atomic E-state index is 12.3. The number of amides is 1. The van der Waals surface area contributed by atoms with Crippen LogP contribution in [0.25, 0.3) is 0 Å². The maximum Gasteiger partial charge on any atom is 0.304 e. The van der Waals surface area contributed by atoms with Crippen LogP contribution in [-0.2, 0) is 9.59 Å². The summed E-state index contributed by atoms with van der Waals surface area (Å²) < 4.78 is 0. The van der Waals surface area contributed by atoms with Gasteiger partial charge in [-0.1, -0.05) is 25.1 Å². The van der Waals surface area contributed by atoms with Gasteiger partial charge in [0.15, 0.2) is 0 Å². The number of carboxylic acid groups (broad SMARTS) is 1. The molecular formula is C14H19NO3. The maximum absolute atomic E-state index is 12.3. The highest BCUT2D eigenvalue weighted by molar-refractivity contribution is 5.96. The van der Waals surface area contributed by atoms with E-state index in [0.717, 1.165) is 5.69 Å². The molecule has 0 aliphatic carbocycles. The second kappa shape index (κ2) is 6.19. The van der Waals surface area contributed by atoms with E-state index in [0.29, 0.717) is 0 Å². The molecule has 1 rings (SSSR count). The van der Waals surface area contributed by atoms with Gasteiger partial charge in [0.05, 0.1) is 6.42 Å². The fourth-order valence-corrected chi connectivity index (χ4v) is 1.86. The van der Waals surface area contributed by atoms with Crippen LogP contribution in [0.1, 0.15) is 27.2 Å². The van der Waals surface area contributed by atoms with Crippen LogP contribution < -0.4 is 4.90 Å². The molecular weight excluding hydrogens is 230 g/mol. The first-order valence-electron chi connectivity index (χ1n) is 6.03. The second-order valence-corrected chi connectivity index (χ2v) is 4.64. The molecule has 0 aliphatic heterocycles. The molecule has 0 saturated heterocycles. The summed E-state index contributed by atoms with van der Waals surface area (Å²) in [6.45, 7) is 5.48. The van der Waals surface area contributed by atoms with Gasteiger partial charge in [-0.05, 0) is 26.0 Å². The van der Waals surface area contributed by atoms with Crippen LogP contribution in [0.15, 0.2) is 30.3 Å². The van der Waals surface area contributed by atoms with Crippen LogP contribution in [0.2, 0.25) is 0 Å². The Morgan fingerprint density at radius 2 is 1.72 bits per heavy atom. The van der Waals surface area contributed by atoms with Gasteiger partial charge in [-0.2, -0.15) is 0 Å². The summed E-state index contributed by atoms with van der Waals surface area (Å²) in [4.78, 5) is 24.6. The Labute approximate surface area is 107 Å². The monoisotopic (exact) mass is 249 g/mol. The Hall–Kier alpha value is -1.84. The first-order valence-corrected chi connectivity index (χ1v) is 6.03. The van der Waals surface area contributed by atoms with E-state index in [1.807, 2.05) is 44.2 Å². The van der Waals surface area contributed by atoms with E-state index in [-0.39, 0.29) is 18.4 Å². The predicted molar refractivity (Wildman–Crippen MR) is 70.5 cm³/mol. The Morgan fingerprint density at radius 3 is 2.17 bits per heavy atom. The number of anilines is 1. The Kier molecular flexibility index (Phi) is 4.89. The van der Waals surface area contributed by atoms with Gasteiger partial charge in [0.2, 0.25) is 5.91 Å². The molecule has 18 heavy (non-hydrogen) atoms. The molecule has 0 spiro atoms. The second-order valence-electron chi connectivity index (χ2n) is 4.64. The third-order valence-corrected chi connectivity index (χ3v) is 2.69. The van der Waals surface area contributed by atoms with Gasteiger partial charge in [-0.25, -0.2) is 0 Å². The normalized spacial score (nSPS) is 12.2. The van der Waals surface area contributed by atoms with Gasteiger partial charge >= 0.3 is 5.97 Å². The summed E-state index contributed by atoms with van der Waals surface area (Å²) >= 11 is 0.